The molecule has 0 fully saturated rings. The first-order valence-corrected chi connectivity index (χ1v) is 9.17. The number of amides is 1. The minimum atomic E-state index is -0.551. The average molecular weight is 372 g/mol. The Morgan fingerprint density at radius 1 is 1.37 bits per heavy atom. The summed E-state index contributed by atoms with van der Waals surface area (Å²) in [7, 11) is 0. The van der Waals surface area contributed by atoms with Gasteiger partial charge in [0.05, 0.1) is 12.3 Å². The Balaban J connectivity index is 1.74. The van der Waals surface area contributed by atoms with Gasteiger partial charge in [0.25, 0.3) is 0 Å². The molecule has 0 radical (unpaired) electrons. The SMILES string of the molecule is CCOc1cc2c(cc1N[C@H](C)C(=O)Nc1ccc(C)c(F)c1)O[C@@H](C)C2. The maximum Gasteiger partial charge on any atom is 0.246 e. The number of rotatable bonds is 6. The number of fused-ring (bicyclic) bond motifs is 1. The van der Waals surface area contributed by atoms with E-state index in [1.807, 2.05) is 26.0 Å². The molecule has 6 heteroatoms. The van der Waals surface area contributed by atoms with Crippen LogP contribution in [-0.2, 0) is 11.2 Å². The highest BCUT2D eigenvalue weighted by Crippen LogP contribution is 2.38. The largest absolute Gasteiger partial charge is 0.492 e. The Kier molecular flexibility index (Phi) is 5.54. The van der Waals surface area contributed by atoms with E-state index in [0.717, 1.165) is 17.7 Å². The number of nitrogens with one attached hydrogen (secondary N) is 2. The summed E-state index contributed by atoms with van der Waals surface area (Å²) in [6, 6.07) is 7.92. The second-order valence-corrected chi connectivity index (χ2v) is 6.84. The lowest BCUT2D eigenvalue weighted by molar-refractivity contribution is -0.116. The van der Waals surface area contributed by atoms with Crippen LogP contribution in [-0.4, -0.2) is 24.7 Å². The Hall–Kier alpha value is -2.76. The van der Waals surface area contributed by atoms with Crippen molar-refractivity contribution in [1.29, 1.82) is 0 Å². The van der Waals surface area contributed by atoms with Gasteiger partial charge in [-0.1, -0.05) is 6.07 Å². The molecule has 2 N–H and O–H groups in total. The first-order chi connectivity index (χ1) is 12.9. The van der Waals surface area contributed by atoms with E-state index in [4.69, 9.17) is 9.47 Å². The van der Waals surface area contributed by atoms with Gasteiger partial charge in [-0.25, -0.2) is 4.39 Å². The second kappa shape index (κ2) is 7.86. The van der Waals surface area contributed by atoms with Gasteiger partial charge in [0.15, 0.2) is 0 Å². The van der Waals surface area contributed by atoms with Crippen LogP contribution in [0.25, 0.3) is 0 Å². The van der Waals surface area contributed by atoms with E-state index >= 15 is 0 Å². The number of anilines is 2. The van der Waals surface area contributed by atoms with E-state index in [1.54, 1.807) is 26.0 Å². The van der Waals surface area contributed by atoms with Gasteiger partial charge in [-0.15, -0.1) is 0 Å². The summed E-state index contributed by atoms with van der Waals surface area (Å²) >= 11 is 0. The van der Waals surface area contributed by atoms with E-state index in [1.165, 1.54) is 6.07 Å². The smallest absolute Gasteiger partial charge is 0.246 e. The molecule has 1 aliphatic rings. The normalized spacial score (nSPS) is 16.3. The number of carbonyl (C=O) groups excluding carboxylic acids is 1. The van der Waals surface area contributed by atoms with Crippen LogP contribution in [0.15, 0.2) is 30.3 Å². The highest BCUT2D eigenvalue weighted by Gasteiger charge is 2.23. The van der Waals surface area contributed by atoms with E-state index in [-0.39, 0.29) is 17.8 Å². The molecule has 5 nitrogen and oxygen atoms in total. The zero-order valence-corrected chi connectivity index (χ0v) is 16.1. The molecule has 1 aliphatic heterocycles. The van der Waals surface area contributed by atoms with E-state index < -0.39 is 6.04 Å². The van der Waals surface area contributed by atoms with Crippen molar-refractivity contribution in [3.05, 3.63) is 47.3 Å². The Bertz CT molecular complexity index is 854. The molecule has 0 saturated carbocycles. The van der Waals surface area contributed by atoms with Crippen LogP contribution in [0.1, 0.15) is 31.9 Å². The third-order valence-electron chi connectivity index (χ3n) is 4.50. The molecule has 0 spiro atoms. The van der Waals surface area contributed by atoms with Gasteiger partial charge in [-0.3, -0.25) is 4.79 Å². The van der Waals surface area contributed by atoms with Gasteiger partial charge in [-0.05, 0) is 51.5 Å². The molecule has 0 bridgehead atoms. The van der Waals surface area contributed by atoms with Crippen LogP contribution in [0.4, 0.5) is 15.8 Å². The summed E-state index contributed by atoms with van der Waals surface area (Å²) in [4.78, 5) is 12.5. The van der Waals surface area contributed by atoms with Crippen molar-refractivity contribution >= 4 is 17.3 Å². The van der Waals surface area contributed by atoms with E-state index in [9.17, 15) is 9.18 Å². The number of benzene rings is 2. The van der Waals surface area contributed by atoms with Gasteiger partial charge >= 0.3 is 0 Å². The Morgan fingerprint density at radius 2 is 2.15 bits per heavy atom. The summed E-state index contributed by atoms with van der Waals surface area (Å²) in [6.07, 6.45) is 0.965. The molecule has 144 valence electrons. The molecule has 2 aromatic rings. The molecule has 2 atom stereocenters. The number of aryl methyl sites for hydroxylation is 1. The lowest BCUT2D eigenvalue weighted by Crippen LogP contribution is -2.32. The summed E-state index contributed by atoms with van der Waals surface area (Å²) in [6.45, 7) is 7.87. The van der Waals surface area contributed by atoms with Crippen LogP contribution in [0, 0.1) is 12.7 Å². The first kappa shape index (κ1) is 19.0. The molecule has 2 aromatic carbocycles. The summed E-state index contributed by atoms with van der Waals surface area (Å²) in [5.74, 6) is 0.879. The molecule has 1 amide bonds. The van der Waals surface area contributed by atoms with Crippen molar-refractivity contribution in [3.63, 3.8) is 0 Å². The predicted octanol–water partition coefficient (Wildman–Crippen LogP) is 4.30. The molecule has 0 saturated heterocycles. The van der Waals surface area contributed by atoms with Gasteiger partial charge in [0.2, 0.25) is 5.91 Å². The van der Waals surface area contributed by atoms with Crippen molar-refractivity contribution in [2.24, 2.45) is 0 Å². The number of hydrogen-bond acceptors (Lipinski definition) is 4. The molecule has 1 heterocycles. The van der Waals surface area contributed by atoms with E-state index in [0.29, 0.717) is 29.3 Å². The maximum atomic E-state index is 13.7. The van der Waals surface area contributed by atoms with Crippen molar-refractivity contribution < 1.29 is 18.7 Å². The van der Waals surface area contributed by atoms with Crippen LogP contribution >= 0.6 is 0 Å². The fraction of sp³-hybridized carbons (Fsp3) is 0.381. The minimum absolute atomic E-state index is 0.127. The Morgan fingerprint density at radius 3 is 2.85 bits per heavy atom. The summed E-state index contributed by atoms with van der Waals surface area (Å²) in [5, 5.41) is 5.90. The fourth-order valence-electron chi connectivity index (χ4n) is 3.05. The number of halogens is 1. The fourth-order valence-corrected chi connectivity index (χ4v) is 3.05. The molecule has 0 unspecified atom stereocenters. The quantitative estimate of drug-likeness (QED) is 0.794. The van der Waals surface area contributed by atoms with Crippen molar-refractivity contribution in [2.45, 2.75) is 46.3 Å². The zero-order valence-electron chi connectivity index (χ0n) is 16.1. The van der Waals surface area contributed by atoms with Gasteiger partial charge in [0.1, 0.15) is 29.5 Å². The van der Waals surface area contributed by atoms with Gasteiger partial charge in [-0.2, -0.15) is 0 Å². The predicted molar refractivity (Wildman–Crippen MR) is 104 cm³/mol. The standard InChI is InChI=1S/C21H25FN2O3/c1-5-26-20-9-15-8-13(3)27-19(15)11-18(20)23-14(4)21(25)24-16-7-6-12(2)17(22)10-16/h6-7,9-11,13-14,23H,5,8H2,1-4H3,(H,24,25)/t13-,14+/m0/s1. The number of ether oxygens (including phenoxy) is 2. The lowest BCUT2D eigenvalue weighted by atomic mass is 10.1. The monoisotopic (exact) mass is 372 g/mol. The van der Waals surface area contributed by atoms with Gasteiger partial charge < -0.3 is 20.1 Å². The third kappa shape index (κ3) is 4.32. The zero-order chi connectivity index (χ0) is 19.6. The topological polar surface area (TPSA) is 59.6 Å². The van der Waals surface area contributed by atoms with Crippen LogP contribution in [0.2, 0.25) is 0 Å². The van der Waals surface area contributed by atoms with Crippen molar-refractivity contribution in [3.8, 4) is 11.5 Å². The van der Waals surface area contributed by atoms with Crippen LogP contribution in [0.5, 0.6) is 11.5 Å². The lowest BCUT2D eigenvalue weighted by Gasteiger charge is -2.19. The maximum absolute atomic E-state index is 13.7. The molecule has 0 aromatic heterocycles. The average Bonchev–Trinajstić information content (AvgIpc) is 2.97. The Labute approximate surface area is 158 Å². The molecule has 3 rings (SSSR count). The van der Waals surface area contributed by atoms with Crippen LogP contribution in [0.3, 0.4) is 0 Å². The highest BCUT2D eigenvalue weighted by atomic mass is 19.1. The minimum Gasteiger partial charge on any atom is -0.492 e. The molecule has 27 heavy (non-hydrogen) atoms. The molecular formula is C21H25FN2O3. The highest BCUT2D eigenvalue weighted by molar-refractivity contribution is 5.96. The van der Waals surface area contributed by atoms with E-state index in [2.05, 4.69) is 10.6 Å². The second-order valence-electron chi connectivity index (χ2n) is 6.84. The third-order valence-corrected chi connectivity index (χ3v) is 4.50. The molecule has 0 aliphatic carbocycles. The summed E-state index contributed by atoms with van der Waals surface area (Å²) in [5.41, 5.74) is 2.76. The molecular weight excluding hydrogens is 347 g/mol. The van der Waals surface area contributed by atoms with Crippen molar-refractivity contribution in [2.75, 3.05) is 17.2 Å². The number of carbonyl (C=O) groups is 1. The van der Waals surface area contributed by atoms with Crippen molar-refractivity contribution in [1.82, 2.24) is 0 Å². The summed E-state index contributed by atoms with van der Waals surface area (Å²) < 4.78 is 25.2. The number of hydrogen-bond donors (Lipinski definition) is 2. The first-order valence-electron chi connectivity index (χ1n) is 9.17. The van der Waals surface area contributed by atoms with Crippen LogP contribution < -0.4 is 20.1 Å². The van der Waals surface area contributed by atoms with Gasteiger partial charge in [0, 0.05) is 23.7 Å².